The molecule has 1 aliphatic carbocycles. The molecule has 1 fully saturated rings. The second-order valence-electron chi connectivity index (χ2n) is 3.61. The van der Waals surface area contributed by atoms with E-state index < -0.39 is 0 Å². The van der Waals surface area contributed by atoms with Crippen molar-refractivity contribution in [2.75, 3.05) is 0 Å². The Hall–Kier alpha value is -0.0500. The molecule has 0 bridgehead atoms. The molecule has 0 amide bonds. The summed E-state index contributed by atoms with van der Waals surface area (Å²) < 4.78 is 0.957. The zero-order chi connectivity index (χ0) is 9.47. The molecule has 0 spiro atoms. The van der Waals surface area contributed by atoms with Crippen LogP contribution in [-0.2, 0) is 5.54 Å². The zero-order valence-electron chi connectivity index (χ0n) is 7.19. The summed E-state index contributed by atoms with van der Waals surface area (Å²) in [7, 11) is 0. The average Bonchev–Trinajstić information content (AvgIpc) is 2.06. The Morgan fingerprint density at radius 2 is 2.08 bits per heavy atom. The quantitative estimate of drug-likeness (QED) is 0.822. The second kappa shape index (κ2) is 3.26. The van der Waals surface area contributed by atoms with Crippen LogP contribution in [0.25, 0.3) is 0 Å². The van der Waals surface area contributed by atoms with E-state index in [4.69, 9.17) is 17.3 Å². The molecule has 70 valence electrons. The van der Waals surface area contributed by atoms with Gasteiger partial charge in [0.2, 0.25) is 0 Å². The number of nitrogens with two attached hydrogens (primary N) is 1. The Morgan fingerprint density at radius 1 is 1.38 bits per heavy atom. The van der Waals surface area contributed by atoms with Gasteiger partial charge in [-0.1, -0.05) is 23.7 Å². The minimum Gasteiger partial charge on any atom is -0.321 e. The molecule has 0 saturated heterocycles. The van der Waals surface area contributed by atoms with Gasteiger partial charge in [-0.25, -0.2) is 0 Å². The van der Waals surface area contributed by atoms with Crippen LogP contribution in [0, 0.1) is 0 Å². The molecule has 0 unspecified atom stereocenters. The Balaban J connectivity index is 2.45. The number of hydrogen-bond donors (Lipinski definition) is 1. The van der Waals surface area contributed by atoms with Gasteiger partial charge in [-0.15, -0.1) is 0 Å². The number of benzene rings is 1. The first kappa shape index (κ1) is 9.50. The van der Waals surface area contributed by atoms with Crippen molar-refractivity contribution in [3.05, 3.63) is 33.3 Å². The number of rotatable bonds is 1. The summed E-state index contributed by atoms with van der Waals surface area (Å²) in [6, 6.07) is 5.88. The van der Waals surface area contributed by atoms with Gasteiger partial charge in [0, 0.05) is 10.0 Å². The molecule has 2 rings (SSSR count). The molecule has 2 N–H and O–H groups in total. The molecule has 0 aliphatic heterocycles. The molecular weight excluding hydrogens is 249 g/mol. The van der Waals surface area contributed by atoms with Crippen LogP contribution < -0.4 is 5.73 Å². The lowest BCUT2D eigenvalue weighted by Crippen LogP contribution is -2.43. The van der Waals surface area contributed by atoms with Crippen molar-refractivity contribution in [3.63, 3.8) is 0 Å². The fourth-order valence-electron chi connectivity index (χ4n) is 1.72. The van der Waals surface area contributed by atoms with Crippen molar-refractivity contribution in [2.45, 2.75) is 24.8 Å². The van der Waals surface area contributed by atoms with E-state index in [0.29, 0.717) is 0 Å². The van der Waals surface area contributed by atoms with Crippen molar-refractivity contribution < 1.29 is 0 Å². The topological polar surface area (TPSA) is 26.0 Å². The fraction of sp³-hybridized carbons (Fsp3) is 0.400. The SMILES string of the molecule is NC1(c2cccc(Cl)c2Br)CCC1. The molecule has 1 saturated carbocycles. The summed E-state index contributed by atoms with van der Waals surface area (Å²) in [5.74, 6) is 0. The molecule has 1 aliphatic rings. The van der Waals surface area contributed by atoms with Gasteiger partial charge in [-0.3, -0.25) is 0 Å². The first-order chi connectivity index (χ1) is 6.13. The average molecular weight is 261 g/mol. The highest BCUT2D eigenvalue weighted by atomic mass is 79.9. The van der Waals surface area contributed by atoms with Crippen molar-refractivity contribution >= 4 is 27.5 Å². The summed E-state index contributed by atoms with van der Waals surface area (Å²) in [6.45, 7) is 0. The van der Waals surface area contributed by atoms with Crippen LogP contribution in [-0.4, -0.2) is 0 Å². The Labute approximate surface area is 91.4 Å². The molecule has 0 heterocycles. The van der Waals surface area contributed by atoms with E-state index in [-0.39, 0.29) is 5.54 Å². The van der Waals surface area contributed by atoms with Gasteiger partial charge < -0.3 is 5.73 Å². The predicted octanol–water partition coefficient (Wildman–Crippen LogP) is 3.44. The molecule has 0 atom stereocenters. The Bertz CT molecular complexity index is 334. The van der Waals surface area contributed by atoms with Crippen LogP contribution >= 0.6 is 27.5 Å². The monoisotopic (exact) mass is 259 g/mol. The lowest BCUT2D eigenvalue weighted by atomic mass is 9.73. The third kappa shape index (κ3) is 1.51. The van der Waals surface area contributed by atoms with Gasteiger partial charge in [0.15, 0.2) is 0 Å². The van der Waals surface area contributed by atoms with Crippen molar-refractivity contribution in [1.29, 1.82) is 0 Å². The van der Waals surface area contributed by atoms with E-state index >= 15 is 0 Å². The first-order valence-corrected chi connectivity index (χ1v) is 5.54. The Morgan fingerprint density at radius 3 is 2.62 bits per heavy atom. The van der Waals surface area contributed by atoms with E-state index in [1.54, 1.807) is 0 Å². The van der Waals surface area contributed by atoms with E-state index in [9.17, 15) is 0 Å². The highest BCUT2D eigenvalue weighted by Crippen LogP contribution is 2.43. The minimum absolute atomic E-state index is 0.135. The molecular formula is C10H11BrClN. The molecule has 0 radical (unpaired) electrons. The number of halogens is 2. The maximum Gasteiger partial charge on any atom is 0.0551 e. The highest BCUT2D eigenvalue weighted by Gasteiger charge is 2.36. The summed E-state index contributed by atoms with van der Waals surface area (Å²) in [6.07, 6.45) is 3.34. The van der Waals surface area contributed by atoms with E-state index in [1.807, 2.05) is 12.1 Å². The molecule has 3 heteroatoms. The Kier molecular flexibility index (Phi) is 2.39. The lowest BCUT2D eigenvalue weighted by Gasteiger charge is -2.39. The third-order valence-electron chi connectivity index (χ3n) is 2.73. The van der Waals surface area contributed by atoms with Gasteiger partial charge in [-0.2, -0.15) is 0 Å². The zero-order valence-corrected chi connectivity index (χ0v) is 9.53. The van der Waals surface area contributed by atoms with Crippen LogP contribution in [0.2, 0.25) is 5.02 Å². The van der Waals surface area contributed by atoms with Gasteiger partial charge in [-0.05, 0) is 46.8 Å². The summed E-state index contributed by atoms with van der Waals surface area (Å²) in [4.78, 5) is 0. The van der Waals surface area contributed by atoms with E-state index in [1.165, 1.54) is 6.42 Å². The third-order valence-corrected chi connectivity index (χ3v) is 4.13. The summed E-state index contributed by atoms with van der Waals surface area (Å²) >= 11 is 9.48. The number of hydrogen-bond acceptors (Lipinski definition) is 1. The minimum atomic E-state index is -0.135. The predicted molar refractivity (Wildman–Crippen MR) is 58.9 cm³/mol. The largest absolute Gasteiger partial charge is 0.321 e. The van der Waals surface area contributed by atoms with Crippen LogP contribution in [0.4, 0.5) is 0 Å². The summed E-state index contributed by atoms with van der Waals surface area (Å²) in [5, 5.41) is 0.745. The van der Waals surface area contributed by atoms with Gasteiger partial charge in [0.05, 0.1) is 5.02 Å². The maximum atomic E-state index is 6.21. The molecule has 0 aromatic heterocycles. The highest BCUT2D eigenvalue weighted by molar-refractivity contribution is 9.10. The van der Waals surface area contributed by atoms with Crippen molar-refractivity contribution in [2.24, 2.45) is 5.73 Å². The molecule has 1 aromatic carbocycles. The van der Waals surface area contributed by atoms with Gasteiger partial charge >= 0.3 is 0 Å². The van der Waals surface area contributed by atoms with Crippen molar-refractivity contribution in [1.82, 2.24) is 0 Å². The molecule has 1 nitrogen and oxygen atoms in total. The maximum absolute atomic E-state index is 6.21. The fourth-order valence-corrected chi connectivity index (χ4v) is 2.55. The van der Waals surface area contributed by atoms with Crippen LogP contribution in [0.1, 0.15) is 24.8 Å². The normalized spacial score (nSPS) is 19.6. The second-order valence-corrected chi connectivity index (χ2v) is 4.81. The van der Waals surface area contributed by atoms with E-state index in [2.05, 4.69) is 22.0 Å². The molecule has 1 aromatic rings. The summed E-state index contributed by atoms with van der Waals surface area (Å²) in [5.41, 5.74) is 7.21. The molecule has 13 heavy (non-hydrogen) atoms. The van der Waals surface area contributed by atoms with Crippen LogP contribution in [0.5, 0.6) is 0 Å². The van der Waals surface area contributed by atoms with Crippen LogP contribution in [0.15, 0.2) is 22.7 Å². The lowest BCUT2D eigenvalue weighted by molar-refractivity contribution is 0.252. The smallest absolute Gasteiger partial charge is 0.0551 e. The first-order valence-electron chi connectivity index (χ1n) is 4.37. The van der Waals surface area contributed by atoms with Gasteiger partial charge in [0.25, 0.3) is 0 Å². The standard InChI is InChI=1S/C10H11BrClN/c11-9-7(3-1-4-8(9)12)10(13)5-2-6-10/h1,3-4H,2,5-6,13H2. The van der Waals surface area contributed by atoms with E-state index in [0.717, 1.165) is 27.9 Å². The van der Waals surface area contributed by atoms with Crippen LogP contribution in [0.3, 0.4) is 0 Å². The van der Waals surface area contributed by atoms with Crippen molar-refractivity contribution in [3.8, 4) is 0 Å². The van der Waals surface area contributed by atoms with Gasteiger partial charge in [0.1, 0.15) is 0 Å².